The highest BCUT2D eigenvalue weighted by Gasteiger charge is 2.37. The van der Waals surface area contributed by atoms with Gasteiger partial charge in [0.15, 0.2) is 5.76 Å². The van der Waals surface area contributed by atoms with Crippen LogP contribution in [0.4, 0.5) is 26.3 Å². The number of ether oxygens (including phenoxy) is 1. The Kier molecular flexibility index (Phi) is 5.79. The van der Waals surface area contributed by atoms with Crippen LogP contribution in [0.1, 0.15) is 11.1 Å². The zero-order chi connectivity index (χ0) is 24.0. The molecule has 0 radical (unpaired) electrons. The molecule has 0 fully saturated rings. The van der Waals surface area contributed by atoms with Crippen molar-refractivity contribution in [2.24, 2.45) is 0 Å². The molecule has 0 aliphatic carbocycles. The lowest BCUT2D eigenvalue weighted by Crippen LogP contribution is -2.11. The molecule has 0 bridgehead atoms. The first kappa shape index (κ1) is 23.0. The monoisotopic (exact) mass is 508 g/mol. The van der Waals surface area contributed by atoms with E-state index in [1.165, 1.54) is 30.3 Å². The van der Waals surface area contributed by atoms with Crippen molar-refractivity contribution >= 4 is 23.2 Å². The van der Waals surface area contributed by atoms with E-state index in [4.69, 9.17) is 36.9 Å². The third kappa shape index (κ3) is 5.25. The second kappa shape index (κ2) is 8.31. The molecule has 5 nitrogen and oxygen atoms in total. The van der Waals surface area contributed by atoms with Crippen LogP contribution in [0.15, 0.2) is 57.5 Å². The fourth-order valence-electron chi connectivity index (χ4n) is 2.72. The maximum Gasteiger partial charge on any atom is 0.416 e. The average Bonchev–Trinajstić information content (AvgIpc) is 3.35. The normalized spacial score (nSPS) is 12.2. The number of aromatic nitrogens is 2. The van der Waals surface area contributed by atoms with E-state index in [0.717, 1.165) is 0 Å². The minimum atomic E-state index is -5.01. The standard InChI is InChI=1S/C20H8Cl2F6N2O3/c21-12-6-13(22)8-14(7-12)31-16-2-1-15(32-16)18-29-17(30-33-18)9-3-10(19(23,24)25)5-11(4-9)20(26,27)28/h1-8H. The molecule has 0 saturated heterocycles. The van der Waals surface area contributed by atoms with Gasteiger partial charge >= 0.3 is 12.4 Å². The first-order valence-electron chi connectivity index (χ1n) is 8.76. The molecule has 172 valence electrons. The van der Waals surface area contributed by atoms with Gasteiger partial charge in [-0.05, 0) is 42.5 Å². The predicted molar refractivity (Wildman–Crippen MR) is 104 cm³/mol. The Bertz CT molecular complexity index is 1260. The van der Waals surface area contributed by atoms with Crippen molar-refractivity contribution in [3.63, 3.8) is 0 Å². The fraction of sp³-hybridized carbons (Fsp3) is 0.100. The van der Waals surface area contributed by atoms with Crippen molar-refractivity contribution in [2.75, 3.05) is 0 Å². The highest BCUT2D eigenvalue weighted by atomic mass is 35.5. The number of rotatable bonds is 4. The Morgan fingerprint density at radius 1 is 0.788 bits per heavy atom. The summed E-state index contributed by atoms with van der Waals surface area (Å²) < 4.78 is 94.3. The summed E-state index contributed by atoms with van der Waals surface area (Å²) >= 11 is 11.8. The molecule has 0 spiro atoms. The number of alkyl halides is 6. The Morgan fingerprint density at radius 2 is 1.39 bits per heavy atom. The van der Waals surface area contributed by atoms with Crippen LogP contribution in [-0.2, 0) is 12.4 Å². The summed E-state index contributed by atoms with van der Waals surface area (Å²) in [7, 11) is 0. The first-order valence-corrected chi connectivity index (χ1v) is 9.52. The lowest BCUT2D eigenvalue weighted by Gasteiger charge is -2.12. The number of furan rings is 1. The Balaban J connectivity index is 1.64. The predicted octanol–water partition coefficient (Wildman–Crippen LogP) is 8.13. The molecule has 0 unspecified atom stereocenters. The third-order valence-electron chi connectivity index (χ3n) is 4.12. The van der Waals surface area contributed by atoms with Gasteiger partial charge in [0.25, 0.3) is 11.8 Å². The van der Waals surface area contributed by atoms with Gasteiger partial charge < -0.3 is 13.7 Å². The van der Waals surface area contributed by atoms with Gasteiger partial charge in [-0.2, -0.15) is 31.3 Å². The Labute approximate surface area is 190 Å². The van der Waals surface area contributed by atoms with Gasteiger partial charge in [-0.3, -0.25) is 0 Å². The molecule has 0 atom stereocenters. The zero-order valence-electron chi connectivity index (χ0n) is 15.8. The van der Waals surface area contributed by atoms with E-state index in [0.29, 0.717) is 22.2 Å². The van der Waals surface area contributed by atoms with E-state index in [1.54, 1.807) is 0 Å². The lowest BCUT2D eigenvalue weighted by molar-refractivity contribution is -0.143. The third-order valence-corrected chi connectivity index (χ3v) is 4.55. The summed E-state index contributed by atoms with van der Waals surface area (Å²) in [4.78, 5) is 3.84. The summed E-state index contributed by atoms with van der Waals surface area (Å²) in [5, 5.41) is 4.09. The van der Waals surface area contributed by atoms with Crippen molar-refractivity contribution in [3.8, 4) is 34.7 Å². The number of benzene rings is 2. The minimum absolute atomic E-state index is 0.00271. The second-order valence-electron chi connectivity index (χ2n) is 6.54. The van der Waals surface area contributed by atoms with Crippen LogP contribution < -0.4 is 4.74 Å². The van der Waals surface area contributed by atoms with Gasteiger partial charge in [0.1, 0.15) is 5.75 Å². The van der Waals surface area contributed by atoms with E-state index in [-0.39, 0.29) is 29.4 Å². The van der Waals surface area contributed by atoms with Gasteiger partial charge in [0.2, 0.25) is 5.82 Å². The van der Waals surface area contributed by atoms with Crippen LogP contribution in [-0.4, -0.2) is 10.1 Å². The van der Waals surface area contributed by atoms with Crippen molar-refractivity contribution < 1.29 is 40.0 Å². The number of nitrogens with zero attached hydrogens (tertiary/aromatic N) is 2. The zero-order valence-corrected chi connectivity index (χ0v) is 17.3. The van der Waals surface area contributed by atoms with Gasteiger partial charge in [-0.1, -0.05) is 28.4 Å². The molecule has 0 aliphatic heterocycles. The minimum Gasteiger partial charge on any atom is -0.426 e. The molecular formula is C20H8Cl2F6N2O3. The smallest absolute Gasteiger partial charge is 0.416 e. The highest BCUT2D eigenvalue weighted by Crippen LogP contribution is 2.39. The molecule has 0 N–H and O–H groups in total. The van der Waals surface area contributed by atoms with Gasteiger partial charge in [-0.15, -0.1) is 0 Å². The van der Waals surface area contributed by atoms with Gasteiger partial charge in [-0.25, -0.2) is 0 Å². The van der Waals surface area contributed by atoms with Crippen LogP contribution in [0, 0.1) is 0 Å². The fourth-order valence-corrected chi connectivity index (χ4v) is 3.22. The van der Waals surface area contributed by atoms with E-state index in [9.17, 15) is 26.3 Å². The molecule has 2 heterocycles. The molecule has 0 amide bonds. The molecule has 4 aromatic rings. The maximum absolute atomic E-state index is 13.1. The molecule has 13 heteroatoms. The van der Waals surface area contributed by atoms with Crippen molar-refractivity contribution in [3.05, 3.63) is 69.7 Å². The number of hydrogen-bond donors (Lipinski definition) is 0. The molecule has 33 heavy (non-hydrogen) atoms. The van der Waals surface area contributed by atoms with E-state index >= 15 is 0 Å². The largest absolute Gasteiger partial charge is 0.426 e. The van der Waals surface area contributed by atoms with E-state index < -0.39 is 34.9 Å². The van der Waals surface area contributed by atoms with Crippen LogP contribution in [0.2, 0.25) is 10.0 Å². The van der Waals surface area contributed by atoms with Crippen molar-refractivity contribution in [2.45, 2.75) is 12.4 Å². The molecular weight excluding hydrogens is 501 g/mol. The Morgan fingerprint density at radius 3 is 1.97 bits per heavy atom. The average molecular weight is 509 g/mol. The van der Waals surface area contributed by atoms with Crippen LogP contribution in [0.25, 0.3) is 23.0 Å². The topological polar surface area (TPSA) is 61.3 Å². The van der Waals surface area contributed by atoms with Crippen LogP contribution in [0.3, 0.4) is 0 Å². The molecule has 0 saturated carbocycles. The summed E-state index contributed by atoms with van der Waals surface area (Å²) in [6, 6.07) is 8.13. The Hall–Kier alpha value is -3.18. The SMILES string of the molecule is FC(F)(F)c1cc(-c2noc(-c3ccc(Oc4cc(Cl)cc(Cl)c4)o3)n2)cc(C(F)(F)F)c1. The second-order valence-corrected chi connectivity index (χ2v) is 7.42. The lowest BCUT2D eigenvalue weighted by atomic mass is 10.0. The van der Waals surface area contributed by atoms with Crippen molar-refractivity contribution in [1.82, 2.24) is 10.1 Å². The van der Waals surface area contributed by atoms with Gasteiger partial charge in [0, 0.05) is 21.7 Å². The maximum atomic E-state index is 13.1. The quantitative estimate of drug-likeness (QED) is 0.260. The highest BCUT2D eigenvalue weighted by molar-refractivity contribution is 6.34. The van der Waals surface area contributed by atoms with Gasteiger partial charge in [0.05, 0.1) is 11.1 Å². The molecule has 2 aromatic carbocycles. The van der Waals surface area contributed by atoms with E-state index in [1.807, 2.05) is 0 Å². The van der Waals surface area contributed by atoms with Crippen molar-refractivity contribution in [1.29, 1.82) is 0 Å². The van der Waals surface area contributed by atoms with E-state index in [2.05, 4.69) is 10.1 Å². The van der Waals surface area contributed by atoms with Crippen LogP contribution >= 0.6 is 23.2 Å². The summed E-state index contributed by atoms with van der Waals surface area (Å²) in [6.45, 7) is 0. The summed E-state index contributed by atoms with van der Waals surface area (Å²) in [6.07, 6.45) is -10.0. The summed E-state index contributed by atoms with van der Waals surface area (Å²) in [5.41, 5.74) is -3.55. The summed E-state index contributed by atoms with van der Waals surface area (Å²) in [5.74, 6) is -0.623. The molecule has 4 rings (SSSR count). The molecule has 2 aromatic heterocycles. The van der Waals surface area contributed by atoms with Crippen LogP contribution in [0.5, 0.6) is 11.7 Å². The number of halogens is 8. The number of hydrogen-bond acceptors (Lipinski definition) is 5. The first-order chi connectivity index (χ1) is 15.4. The molecule has 0 aliphatic rings.